The van der Waals surface area contributed by atoms with E-state index in [0.29, 0.717) is 37.6 Å². The molecular formula is C18H26N4O3. The third-order valence-electron chi connectivity index (χ3n) is 4.02. The minimum atomic E-state index is -0.196. The fraction of sp³-hybridized carbons (Fsp3) is 0.500. The first-order chi connectivity index (χ1) is 11.9. The fourth-order valence-electron chi connectivity index (χ4n) is 2.79. The zero-order valence-electron chi connectivity index (χ0n) is 15.0. The van der Waals surface area contributed by atoms with E-state index in [0.717, 1.165) is 6.42 Å². The molecule has 7 nitrogen and oxygen atoms in total. The number of amides is 4. The molecule has 1 aliphatic heterocycles. The highest BCUT2D eigenvalue weighted by molar-refractivity contribution is 5.92. The van der Waals surface area contributed by atoms with Gasteiger partial charge in [-0.3, -0.25) is 9.59 Å². The standard InChI is InChI=1S/C18H26N4O3/c1-13(2)17(24)21-8-5-9-22(11-10-21)18(25)20-16-7-4-6-15(12-16)19-14(3)23/h4,6-7,12-13H,5,8-11H2,1-3H3,(H,19,23)(H,20,25). The SMILES string of the molecule is CC(=O)Nc1cccc(NC(=O)N2CCCN(C(=O)C(C)C)CC2)c1. The van der Waals surface area contributed by atoms with Crippen molar-refractivity contribution < 1.29 is 14.4 Å². The van der Waals surface area contributed by atoms with Gasteiger partial charge in [0, 0.05) is 50.4 Å². The Bertz CT molecular complexity index is 645. The third-order valence-corrected chi connectivity index (χ3v) is 4.02. The zero-order valence-corrected chi connectivity index (χ0v) is 15.0. The van der Waals surface area contributed by atoms with E-state index in [1.165, 1.54) is 6.92 Å². The molecule has 25 heavy (non-hydrogen) atoms. The number of benzene rings is 1. The molecular weight excluding hydrogens is 320 g/mol. The van der Waals surface area contributed by atoms with Gasteiger partial charge in [-0.1, -0.05) is 19.9 Å². The summed E-state index contributed by atoms with van der Waals surface area (Å²) in [6, 6.07) is 6.82. The van der Waals surface area contributed by atoms with Gasteiger partial charge in [-0.2, -0.15) is 0 Å². The Balaban J connectivity index is 1.95. The first-order valence-corrected chi connectivity index (χ1v) is 8.59. The number of hydrogen-bond donors (Lipinski definition) is 2. The maximum atomic E-state index is 12.5. The molecule has 1 heterocycles. The number of rotatable bonds is 3. The number of anilines is 2. The molecule has 1 aliphatic rings. The first-order valence-electron chi connectivity index (χ1n) is 8.59. The summed E-state index contributed by atoms with van der Waals surface area (Å²) in [5, 5.41) is 5.54. The molecule has 0 radical (unpaired) electrons. The molecule has 7 heteroatoms. The van der Waals surface area contributed by atoms with Crippen molar-refractivity contribution in [1.29, 1.82) is 0 Å². The lowest BCUT2D eigenvalue weighted by Gasteiger charge is -2.23. The number of hydrogen-bond acceptors (Lipinski definition) is 3. The van der Waals surface area contributed by atoms with Gasteiger partial charge in [0.1, 0.15) is 0 Å². The van der Waals surface area contributed by atoms with Gasteiger partial charge in [0.15, 0.2) is 0 Å². The fourth-order valence-corrected chi connectivity index (χ4v) is 2.79. The molecule has 1 aromatic rings. The lowest BCUT2D eigenvalue weighted by molar-refractivity contribution is -0.134. The normalized spacial score (nSPS) is 14.9. The summed E-state index contributed by atoms with van der Waals surface area (Å²) in [4.78, 5) is 39.3. The van der Waals surface area contributed by atoms with Gasteiger partial charge in [0.05, 0.1) is 0 Å². The Labute approximate surface area is 148 Å². The van der Waals surface area contributed by atoms with E-state index < -0.39 is 0 Å². The van der Waals surface area contributed by atoms with Crippen LogP contribution in [0.2, 0.25) is 0 Å². The maximum Gasteiger partial charge on any atom is 0.321 e. The number of nitrogens with zero attached hydrogens (tertiary/aromatic N) is 2. The van der Waals surface area contributed by atoms with Crippen LogP contribution in [0.15, 0.2) is 24.3 Å². The number of carbonyl (C=O) groups excluding carboxylic acids is 3. The van der Waals surface area contributed by atoms with Crippen LogP contribution in [0.3, 0.4) is 0 Å². The number of urea groups is 1. The van der Waals surface area contributed by atoms with Crippen molar-refractivity contribution in [2.75, 3.05) is 36.8 Å². The van der Waals surface area contributed by atoms with Crippen LogP contribution < -0.4 is 10.6 Å². The Kier molecular flexibility index (Phi) is 6.38. The quantitative estimate of drug-likeness (QED) is 0.881. The monoisotopic (exact) mass is 346 g/mol. The number of nitrogens with one attached hydrogen (secondary N) is 2. The highest BCUT2D eigenvalue weighted by atomic mass is 16.2. The highest BCUT2D eigenvalue weighted by Crippen LogP contribution is 2.16. The highest BCUT2D eigenvalue weighted by Gasteiger charge is 2.23. The second-order valence-electron chi connectivity index (χ2n) is 6.51. The maximum absolute atomic E-state index is 12.5. The lowest BCUT2D eigenvalue weighted by Crippen LogP contribution is -2.40. The average Bonchev–Trinajstić information content (AvgIpc) is 2.79. The van der Waals surface area contributed by atoms with Gasteiger partial charge in [0.2, 0.25) is 11.8 Å². The lowest BCUT2D eigenvalue weighted by atomic mass is 10.2. The Morgan fingerprint density at radius 2 is 1.56 bits per heavy atom. The second kappa shape index (κ2) is 8.50. The molecule has 0 aromatic heterocycles. The zero-order chi connectivity index (χ0) is 18.4. The van der Waals surface area contributed by atoms with Crippen molar-refractivity contribution in [2.24, 2.45) is 5.92 Å². The summed E-state index contributed by atoms with van der Waals surface area (Å²) >= 11 is 0. The van der Waals surface area contributed by atoms with Gasteiger partial charge in [-0.05, 0) is 24.6 Å². The van der Waals surface area contributed by atoms with Gasteiger partial charge in [0.25, 0.3) is 0 Å². The first kappa shape index (κ1) is 18.8. The molecule has 0 spiro atoms. The minimum absolute atomic E-state index is 0.0307. The Hall–Kier alpha value is -2.57. The smallest absolute Gasteiger partial charge is 0.321 e. The molecule has 0 unspecified atom stereocenters. The van der Waals surface area contributed by atoms with Crippen LogP contribution in [0.25, 0.3) is 0 Å². The molecule has 2 N–H and O–H groups in total. The summed E-state index contributed by atoms with van der Waals surface area (Å²) in [6.07, 6.45) is 0.762. The van der Waals surface area contributed by atoms with Crippen LogP contribution >= 0.6 is 0 Å². The summed E-state index contributed by atoms with van der Waals surface area (Å²) in [6.45, 7) is 7.57. The molecule has 1 aromatic carbocycles. The van der Waals surface area contributed by atoms with E-state index in [9.17, 15) is 14.4 Å². The van der Waals surface area contributed by atoms with E-state index >= 15 is 0 Å². The number of carbonyl (C=O) groups is 3. The third kappa shape index (κ3) is 5.48. The molecule has 1 saturated heterocycles. The van der Waals surface area contributed by atoms with E-state index in [1.54, 1.807) is 29.2 Å². The van der Waals surface area contributed by atoms with E-state index in [4.69, 9.17) is 0 Å². The van der Waals surface area contributed by atoms with E-state index in [-0.39, 0.29) is 23.8 Å². The summed E-state index contributed by atoms with van der Waals surface area (Å²) in [5.74, 6) is -0.0620. The molecule has 0 saturated carbocycles. The Morgan fingerprint density at radius 3 is 2.20 bits per heavy atom. The van der Waals surface area contributed by atoms with E-state index in [2.05, 4.69) is 10.6 Å². The molecule has 2 rings (SSSR count). The Morgan fingerprint density at radius 1 is 0.960 bits per heavy atom. The summed E-state index contributed by atoms with van der Waals surface area (Å²) in [5.41, 5.74) is 1.26. The topological polar surface area (TPSA) is 81.8 Å². The predicted molar refractivity (Wildman–Crippen MR) is 97.4 cm³/mol. The van der Waals surface area contributed by atoms with Crippen LogP contribution in [-0.2, 0) is 9.59 Å². The summed E-state index contributed by atoms with van der Waals surface area (Å²) < 4.78 is 0. The van der Waals surface area contributed by atoms with Gasteiger partial charge in [-0.15, -0.1) is 0 Å². The largest absolute Gasteiger partial charge is 0.341 e. The molecule has 4 amide bonds. The summed E-state index contributed by atoms with van der Waals surface area (Å²) in [7, 11) is 0. The van der Waals surface area contributed by atoms with Crippen molar-refractivity contribution in [2.45, 2.75) is 27.2 Å². The van der Waals surface area contributed by atoms with Gasteiger partial charge >= 0.3 is 6.03 Å². The van der Waals surface area contributed by atoms with Gasteiger partial charge in [-0.25, -0.2) is 4.79 Å². The van der Waals surface area contributed by atoms with E-state index in [1.807, 2.05) is 18.7 Å². The van der Waals surface area contributed by atoms with Gasteiger partial charge < -0.3 is 20.4 Å². The predicted octanol–water partition coefficient (Wildman–Crippen LogP) is 2.37. The molecule has 1 fully saturated rings. The van der Waals surface area contributed by atoms with Crippen LogP contribution in [0.1, 0.15) is 27.2 Å². The van der Waals surface area contributed by atoms with Crippen molar-refractivity contribution in [1.82, 2.24) is 9.80 Å². The minimum Gasteiger partial charge on any atom is -0.341 e. The van der Waals surface area contributed by atoms with Crippen molar-refractivity contribution >= 4 is 29.2 Å². The van der Waals surface area contributed by atoms with Crippen LogP contribution in [0.5, 0.6) is 0 Å². The molecule has 0 aliphatic carbocycles. The van der Waals surface area contributed by atoms with Crippen molar-refractivity contribution in [3.8, 4) is 0 Å². The second-order valence-corrected chi connectivity index (χ2v) is 6.51. The van der Waals surface area contributed by atoms with Crippen molar-refractivity contribution in [3.63, 3.8) is 0 Å². The van der Waals surface area contributed by atoms with Crippen LogP contribution in [0, 0.1) is 5.92 Å². The molecule has 0 bridgehead atoms. The molecule has 136 valence electrons. The van der Waals surface area contributed by atoms with Crippen LogP contribution in [-0.4, -0.2) is 53.8 Å². The molecule has 0 atom stereocenters. The van der Waals surface area contributed by atoms with Crippen molar-refractivity contribution in [3.05, 3.63) is 24.3 Å². The average molecular weight is 346 g/mol. The van der Waals surface area contributed by atoms with Crippen LogP contribution in [0.4, 0.5) is 16.2 Å².